The maximum atomic E-state index is 14.1. The van der Waals surface area contributed by atoms with Crippen LogP contribution in [0.15, 0.2) is 109 Å². The van der Waals surface area contributed by atoms with Gasteiger partial charge in [0.1, 0.15) is 17.4 Å². The highest BCUT2D eigenvalue weighted by Crippen LogP contribution is 2.28. The van der Waals surface area contributed by atoms with E-state index in [9.17, 15) is 23.5 Å². The second-order valence-electron chi connectivity index (χ2n) is 9.92. The standard InChI is InChI=1S/C37H44F2N2O3/c1-2-3-4-5-6-7-8-9-10-11-12-13-14-15-16-17-18-19-20-21-36(43)40-26-27-41-37(44)33-28-30(22-25-35(33)42)32-24-23-31(38)29-34(32)39/h3-4,6-7,9-10,12-13,15-16,18-19,22-25,28-29,42H,2,5,8,11,14,17,20-21,26-27H2,1H3,(H,40,43)(H,41,44)/b4-3-,7-6-,10-9-,13-12-,16-15-,19-18-. The number of hydrogen-bond acceptors (Lipinski definition) is 3. The van der Waals surface area contributed by atoms with Gasteiger partial charge >= 0.3 is 0 Å². The molecule has 0 atom stereocenters. The number of nitrogens with one attached hydrogen (secondary N) is 2. The molecule has 3 N–H and O–H groups in total. The lowest BCUT2D eigenvalue weighted by atomic mass is 10.0. The van der Waals surface area contributed by atoms with E-state index in [4.69, 9.17) is 0 Å². The fraction of sp³-hybridized carbons (Fsp3) is 0.297. The average Bonchev–Trinajstić information content (AvgIpc) is 3.00. The van der Waals surface area contributed by atoms with Crippen LogP contribution >= 0.6 is 0 Å². The van der Waals surface area contributed by atoms with Crippen molar-refractivity contribution in [1.82, 2.24) is 10.6 Å². The molecule has 0 radical (unpaired) electrons. The maximum absolute atomic E-state index is 14.1. The summed E-state index contributed by atoms with van der Waals surface area (Å²) in [6.45, 7) is 2.51. The van der Waals surface area contributed by atoms with Gasteiger partial charge in [0, 0.05) is 31.1 Å². The lowest BCUT2D eigenvalue weighted by molar-refractivity contribution is -0.120. The third-order valence-electron chi connectivity index (χ3n) is 6.35. The zero-order valence-electron chi connectivity index (χ0n) is 25.5. The minimum atomic E-state index is -0.770. The van der Waals surface area contributed by atoms with Gasteiger partial charge in [-0.3, -0.25) is 9.59 Å². The highest BCUT2D eigenvalue weighted by molar-refractivity contribution is 5.98. The van der Waals surface area contributed by atoms with Crippen molar-refractivity contribution in [3.63, 3.8) is 0 Å². The van der Waals surface area contributed by atoms with E-state index in [0.29, 0.717) is 18.4 Å². The van der Waals surface area contributed by atoms with Gasteiger partial charge in [0.05, 0.1) is 5.56 Å². The molecular weight excluding hydrogens is 558 g/mol. The van der Waals surface area contributed by atoms with E-state index in [0.717, 1.165) is 50.7 Å². The molecule has 44 heavy (non-hydrogen) atoms. The number of halogens is 2. The van der Waals surface area contributed by atoms with Crippen LogP contribution in [0.1, 0.15) is 68.6 Å². The molecule has 0 aliphatic carbocycles. The Kier molecular flexibility index (Phi) is 17.9. The number of phenols is 1. The minimum absolute atomic E-state index is 0.0461. The first-order chi connectivity index (χ1) is 21.4. The Hall–Kier alpha value is -4.52. The van der Waals surface area contributed by atoms with Crippen LogP contribution < -0.4 is 10.6 Å². The van der Waals surface area contributed by atoms with Crippen LogP contribution in [0, 0.1) is 11.6 Å². The van der Waals surface area contributed by atoms with E-state index in [-0.39, 0.29) is 35.9 Å². The first-order valence-corrected chi connectivity index (χ1v) is 15.2. The fourth-order valence-corrected chi connectivity index (χ4v) is 4.02. The summed E-state index contributed by atoms with van der Waals surface area (Å²) in [4.78, 5) is 24.6. The SMILES string of the molecule is CC/C=C\C/C=C\C/C=C\C/C=C\C/C=C\C/C=C\CCC(=O)NCCNC(=O)c1cc(-c2ccc(F)cc2F)ccc1O. The Balaban J connectivity index is 1.55. The van der Waals surface area contributed by atoms with E-state index < -0.39 is 17.5 Å². The molecule has 0 spiro atoms. The Labute approximate surface area is 260 Å². The van der Waals surface area contributed by atoms with Gasteiger partial charge in [-0.1, -0.05) is 85.9 Å². The molecule has 0 unspecified atom stereocenters. The van der Waals surface area contributed by atoms with Gasteiger partial charge in [-0.25, -0.2) is 8.78 Å². The van der Waals surface area contributed by atoms with Crippen molar-refractivity contribution >= 4 is 11.8 Å². The van der Waals surface area contributed by atoms with Crippen molar-refractivity contribution in [2.75, 3.05) is 13.1 Å². The number of benzene rings is 2. The molecule has 0 aliphatic heterocycles. The number of rotatable bonds is 19. The molecule has 7 heteroatoms. The summed E-state index contributed by atoms with van der Waals surface area (Å²) in [7, 11) is 0. The minimum Gasteiger partial charge on any atom is -0.507 e. The zero-order valence-corrected chi connectivity index (χ0v) is 25.5. The lowest BCUT2D eigenvalue weighted by Gasteiger charge is -2.10. The molecule has 5 nitrogen and oxygen atoms in total. The topological polar surface area (TPSA) is 78.4 Å². The molecule has 0 saturated carbocycles. The maximum Gasteiger partial charge on any atom is 0.255 e. The van der Waals surface area contributed by atoms with Crippen LogP contribution in [-0.2, 0) is 4.79 Å². The molecule has 0 bridgehead atoms. The molecular formula is C37H44F2N2O3. The van der Waals surface area contributed by atoms with E-state index in [1.807, 2.05) is 12.2 Å². The summed E-state index contributed by atoms with van der Waals surface area (Å²) < 4.78 is 27.3. The molecule has 0 aliphatic rings. The normalized spacial score (nSPS) is 12.2. The summed E-state index contributed by atoms with van der Waals surface area (Å²) in [6.07, 6.45) is 32.3. The van der Waals surface area contributed by atoms with Gasteiger partial charge in [0.25, 0.3) is 5.91 Å². The van der Waals surface area contributed by atoms with Crippen molar-refractivity contribution < 1.29 is 23.5 Å². The monoisotopic (exact) mass is 602 g/mol. The van der Waals surface area contributed by atoms with Crippen LogP contribution in [0.3, 0.4) is 0 Å². The predicted octanol–water partition coefficient (Wildman–Crippen LogP) is 8.66. The van der Waals surface area contributed by atoms with Crippen LogP contribution in [-0.4, -0.2) is 30.0 Å². The number of hydrogen-bond donors (Lipinski definition) is 3. The van der Waals surface area contributed by atoms with Gasteiger partial charge < -0.3 is 15.7 Å². The van der Waals surface area contributed by atoms with Crippen LogP contribution in [0.25, 0.3) is 11.1 Å². The number of amides is 2. The number of carbonyl (C=O) groups excluding carboxylic acids is 2. The second-order valence-corrected chi connectivity index (χ2v) is 9.92. The highest BCUT2D eigenvalue weighted by Gasteiger charge is 2.14. The third-order valence-corrected chi connectivity index (χ3v) is 6.35. The number of allylic oxidation sites excluding steroid dienone is 12. The first kappa shape index (κ1) is 35.7. The molecule has 2 aromatic rings. The largest absolute Gasteiger partial charge is 0.507 e. The molecule has 2 rings (SSSR count). The van der Waals surface area contributed by atoms with E-state index in [2.05, 4.69) is 78.3 Å². The lowest BCUT2D eigenvalue weighted by Crippen LogP contribution is -2.34. The second kappa shape index (κ2) is 22.1. The molecule has 0 saturated heterocycles. The molecule has 234 valence electrons. The van der Waals surface area contributed by atoms with Crippen molar-refractivity contribution in [2.24, 2.45) is 0 Å². The summed E-state index contributed by atoms with van der Waals surface area (Å²) in [6, 6.07) is 7.22. The van der Waals surface area contributed by atoms with Crippen LogP contribution in [0.4, 0.5) is 8.78 Å². The van der Waals surface area contributed by atoms with Crippen LogP contribution in [0.5, 0.6) is 5.75 Å². The summed E-state index contributed by atoms with van der Waals surface area (Å²) in [5, 5.41) is 15.5. The molecule has 2 amide bonds. The Bertz CT molecular complexity index is 1360. The zero-order chi connectivity index (χ0) is 31.8. The third kappa shape index (κ3) is 15.1. The van der Waals surface area contributed by atoms with Gasteiger partial charge in [-0.05, 0) is 74.8 Å². The van der Waals surface area contributed by atoms with Gasteiger partial charge in [-0.2, -0.15) is 0 Å². The smallest absolute Gasteiger partial charge is 0.255 e. The quantitative estimate of drug-likeness (QED) is 0.111. The van der Waals surface area contributed by atoms with Crippen molar-refractivity contribution in [1.29, 1.82) is 0 Å². The van der Waals surface area contributed by atoms with Crippen molar-refractivity contribution in [3.8, 4) is 16.9 Å². The first-order valence-electron chi connectivity index (χ1n) is 15.2. The highest BCUT2D eigenvalue weighted by atomic mass is 19.1. The summed E-state index contributed by atoms with van der Waals surface area (Å²) in [5.74, 6) is -2.44. The van der Waals surface area contributed by atoms with E-state index in [1.54, 1.807) is 0 Å². The Morgan fingerprint density at radius 3 is 1.82 bits per heavy atom. The number of aromatic hydroxyl groups is 1. The van der Waals surface area contributed by atoms with Gasteiger partial charge in [0.15, 0.2) is 0 Å². The number of carbonyl (C=O) groups is 2. The Morgan fingerprint density at radius 1 is 0.705 bits per heavy atom. The molecule has 0 aromatic heterocycles. The van der Waals surface area contributed by atoms with E-state index in [1.165, 1.54) is 24.3 Å². The van der Waals surface area contributed by atoms with Gasteiger partial charge in [-0.15, -0.1) is 0 Å². The van der Waals surface area contributed by atoms with Crippen molar-refractivity contribution in [3.05, 3.63) is 127 Å². The van der Waals surface area contributed by atoms with Crippen LogP contribution in [0.2, 0.25) is 0 Å². The molecule has 0 heterocycles. The van der Waals surface area contributed by atoms with Crippen molar-refractivity contribution in [2.45, 2.75) is 58.3 Å². The predicted molar refractivity (Wildman–Crippen MR) is 176 cm³/mol. The molecule has 2 aromatic carbocycles. The Morgan fingerprint density at radius 2 is 1.25 bits per heavy atom. The fourth-order valence-electron chi connectivity index (χ4n) is 4.02. The van der Waals surface area contributed by atoms with E-state index >= 15 is 0 Å². The summed E-state index contributed by atoms with van der Waals surface area (Å²) in [5.41, 5.74) is 0.392. The summed E-state index contributed by atoms with van der Waals surface area (Å²) >= 11 is 0. The average molecular weight is 603 g/mol. The molecule has 0 fully saturated rings. The number of phenolic OH excluding ortho intramolecular Hbond substituents is 1. The van der Waals surface area contributed by atoms with Gasteiger partial charge in [0.2, 0.25) is 5.91 Å².